The van der Waals surface area contributed by atoms with E-state index >= 15 is 0 Å². The van der Waals surface area contributed by atoms with Gasteiger partial charge in [0.05, 0.1) is 37.2 Å². The number of rotatable bonds is 10. The van der Waals surface area contributed by atoms with Gasteiger partial charge in [-0.05, 0) is 177 Å². The molecular weight excluding hydrogens is 1000 g/mol. The minimum absolute atomic E-state index is 0.0211. The zero-order valence-electron chi connectivity index (χ0n) is 47.5. The van der Waals surface area contributed by atoms with Gasteiger partial charge in [-0.25, -0.2) is 9.59 Å². The molecule has 10 aliphatic rings. The van der Waals surface area contributed by atoms with E-state index < -0.39 is 93.7 Å². The number of carboxylic acids is 2. The van der Waals surface area contributed by atoms with Crippen LogP contribution in [0, 0.1) is 91.2 Å². The Bertz CT molecular complexity index is 2610. The fraction of sp³-hybridized carbons (Fsp3) is 0.836. The van der Waals surface area contributed by atoms with Crippen LogP contribution in [0.3, 0.4) is 0 Å². The summed E-state index contributed by atoms with van der Waals surface area (Å²) in [7, 11) is 2.51. The molecular formula is C61H88O17. The van der Waals surface area contributed by atoms with E-state index in [-0.39, 0.29) is 88.9 Å². The number of methoxy groups -OCH3 is 2. The van der Waals surface area contributed by atoms with Crippen LogP contribution >= 0.6 is 0 Å². The van der Waals surface area contributed by atoms with Gasteiger partial charge in [-0.3, -0.25) is 9.59 Å². The van der Waals surface area contributed by atoms with Crippen molar-refractivity contribution in [3.63, 3.8) is 0 Å². The number of aliphatic carboxylic acids is 2. The number of carbonyl (C=O) groups excluding carboxylic acids is 2. The summed E-state index contributed by atoms with van der Waals surface area (Å²) in [6.45, 7) is 18.7. The van der Waals surface area contributed by atoms with Crippen molar-refractivity contribution in [3.8, 4) is 5.75 Å². The van der Waals surface area contributed by atoms with Gasteiger partial charge in [0.25, 0.3) is 0 Å². The van der Waals surface area contributed by atoms with E-state index in [2.05, 4.69) is 48.5 Å². The number of benzene rings is 1. The summed E-state index contributed by atoms with van der Waals surface area (Å²) >= 11 is 0. The molecule has 0 radical (unpaired) electrons. The largest absolute Gasteiger partial charge is 0.484 e. The molecule has 3 aliphatic heterocycles. The Morgan fingerprint density at radius 3 is 1.88 bits per heavy atom. The molecule has 1 saturated heterocycles. The molecule has 1 aromatic rings. The average Bonchev–Trinajstić information content (AvgIpc) is 3.65. The summed E-state index contributed by atoms with van der Waals surface area (Å²) in [6.07, 6.45) is 1.47. The smallest absolute Gasteiger partial charge is 0.341 e. The van der Waals surface area contributed by atoms with E-state index in [0.29, 0.717) is 54.7 Å². The maximum Gasteiger partial charge on any atom is 0.341 e. The van der Waals surface area contributed by atoms with Crippen molar-refractivity contribution < 1.29 is 83.3 Å². The quantitative estimate of drug-likeness (QED) is 0.0917. The number of carbonyl (C=O) groups is 4. The molecule has 0 aromatic heterocycles. The highest BCUT2D eigenvalue weighted by Crippen LogP contribution is 2.81. The number of ether oxygens (including phenoxy) is 6. The predicted molar refractivity (Wildman–Crippen MR) is 279 cm³/mol. The third-order valence-corrected chi connectivity index (χ3v) is 26.3. The summed E-state index contributed by atoms with van der Waals surface area (Å²) in [5.74, 6) is -4.15. The second-order valence-corrected chi connectivity index (χ2v) is 28.4. The van der Waals surface area contributed by atoms with Crippen LogP contribution in [0.1, 0.15) is 167 Å². The lowest BCUT2D eigenvalue weighted by atomic mass is 9.27. The summed E-state index contributed by atoms with van der Waals surface area (Å²) in [4.78, 5) is 52.1. The monoisotopic (exact) mass is 1090 g/mol. The van der Waals surface area contributed by atoms with E-state index in [4.69, 9.17) is 28.4 Å². The van der Waals surface area contributed by atoms with Crippen LogP contribution in [0.2, 0.25) is 0 Å². The molecule has 7 aliphatic carbocycles. The Labute approximate surface area is 458 Å². The van der Waals surface area contributed by atoms with Crippen molar-refractivity contribution in [2.24, 2.45) is 91.2 Å². The topological polar surface area (TPSA) is 265 Å². The maximum atomic E-state index is 14.0. The molecule has 434 valence electrons. The molecule has 78 heavy (non-hydrogen) atoms. The molecule has 8 fully saturated rings. The molecule has 3 heterocycles. The molecule has 17 heteroatoms. The highest BCUT2D eigenvalue weighted by Gasteiger charge is 2.77. The molecule has 0 bridgehead atoms. The van der Waals surface area contributed by atoms with Crippen molar-refractivity contribution in [3.05, 3.63) is 28.8 Å². The van der Waals surface area contributed by atoms with Gasteiger partial charge in [-0.15, -0.1) is 0 Å². The SMILES string of the molecule is COC(=O)C1OC(OC2CC(C)C3(C)C4CC(C)C5(C)C6CCC7(CO)C8CCC9(CO)Oc%10ccc%11c(c%10CC9C8(C)CCC7C6(C)CCC5C4(C)CCC3C2(C)C(=O)O)C(=O)OC%11(O)CCC(=O)O)C(OC)C(O)C1O. The van der Waals surface area contributed by atoms with Gasteiger partial charge in [-0.1, -0.05) is 48.5 Å². The first-order chi connectivity index (χ1) is 36.6. The Kier molecular flexibility index (Phi) is 13.4. The van der Waals surface area contributed by atoms with Gasteiger partial charge in [0.2, 0.25) is 5.79 Å². The lowest BCUT2D eigenvalue weighted by Crippen LogP contribution is -2.73. The Hall–Kier alpha value is -3.42. The van der Waals surface area contributed by atoms with Gasteiger partial charge >= 0.3 is 23.9 Å². The van der Waals surface area contributed by atoms with Gasteiger partial charge in [-0.2, -0.15) is 0 Å². The number of esters is 2. The number of hydrogen-bond donors (Lipinski definition) is 7. The summed E-state index contributed by atoms with van der Waals surface area (Å²) in [5.41, 5.74) is -2.61. The minimum Gasteiger partial charge on any atom is -0.484 e. The second-order valence-electron chi connectivity index (χ2n) is 28.4. The van der Waals surface area contributed by atoms with E-state index in [1.807, 2.05) is 6.92 Å². The standard InChI is InChI=1S/C61H88O17/c1-30-25-40-54(4,21-15-39-57(40,7)31(2)26-42(58(39,8)52(70)71)75-51-48(73-9)46(67)45(66)47(76-51)50(69)74-10)35-13-19-53(3)36(56(30,35)6)16-22-59(28-62)37(53)14-20-55(5)38(59)17-23-60(29-63)41(55)27-32-34(77-60)12-11-33-44(32)49(68)78-61(33,72)24-18-43(64)65/h11-12,30-31,35-42,45-48,51,62-63,66-67,72H,13-29H2,1-10H3,(H,64,65)(H,70,71). The molecule has 24 atom stereocenters. The maximum absolute atomic E-state index is 14.0. The number of hydrogen-bond acceptors (Lipinski definition) is 15. The van der Waals surface area contributed by atoms with Crippen LogP contribution in [0.4, 0.5) is 0 Å². The number of carboxylic acid groups (broad SMARTS) is 2. The molecule has 17 nitrogen and oxygen atoms in total. The molecule has 11 rings (SSSR count). The molecule has 0 amide bonds. The van der Waals surface area contributed by atoms with Crippen LogP contribution in [0.25, 0.3) is 0 Å². The minimum atomic E-state index is -2.08. The van der Waals surface area contributed by atoms with E-state index in [9.17, 15) is 54.9 Å². The average molecular weight is 1090 g/mol. The lowest BCUT2D eigenvalue weighted by molar-refractivity contribution is -0.335. The fourth-order valence-corrected chi connectivity index (χ4v) is 22.4. The molecule has 7 saturated carbocycles. The zero-order valence-corrected chi connectivity index (χ0v) is 47.5. The first-order valence-corrected chi connectivity index (χ1v) is 29.4. The number of cyclic esters (lactones) is 1. The van der Waals surface area contributed by atoms with Gasteiger partial charge < -0.3 is 64.2 Å². The third kappa shape index (κ3) is 7.18. The zero-order chi connectivity index (χ0) is 56.5. The number of aliphatic hydroxyl groups excluding tert-OH is 4. The first kappa shape index (κ1) is 56.4. The lowest BCUT2D eigenvalue weighted by Gasteiger charge is -2.77. The van der Waals surface area contributed by atoms with Crippen LogP contribution in [0.5, 0.6) is 5.75 Å². The fourth-order valence-electron chi connectivity index (χ4n) is 22.4. The van der Waals surface area contributed by atoms with E-state index in [1.165, 1.54) is 7.11 Å². The van der Waals surface area contributed by atoms with Crippen molar-refractivity contribution in [1.82, 2.24) is 0 Å². The molecule has 24 unspecified atom stereocenters. The number of aliphatic hydroxyl groups is 5. The predicted octanol–water partition coefficient (Wildman–Crippen LogP) is 7.02. The highest BCUT2D eigenvalue weighted by molar-refractivity contribution is 5.97. The van der Waals surface area contributed by atoms with Gasteiger partial charge in [0.1, 0.15) is 29.7 Å². The molecule has 7 N–H and O–H groups in total. The highest BCUT2D eigenvalue weighted by atomic mass is 16.7. The van der Waals surface area contributed by atoms with Crippen LogP contribution in [-0.2, 0) is 50.3 Å². The van der Waals surface area contributed by atoms with Crippen LogP contribution in [-0.4, -0.2) is 129 Å². The number of fused-ring (bicyclic) bond motifs is 16. The Balaban J connectivity index is 0.875. The normalized spacial score (nSPS) is 51.7. The molecule has 0 spiro atoms. The van der Waals surface area contributed by atoms with E-state index in [1.54, 1.807) is 12.1 Å². The van der Waals surface area contributed by atoms with Crippen molar-refractivity contribution in [2.75, 3.05) is 27.4 Å². The van der Waals surface area contributed by atoms with Crippen molar-refractivity contribution in [1.29, 1.82) is 0 Å². The van der Waals surface area contributed by atoms with Crippen molar-refractivity contribution in [2.45, 2.75) is 200 Å². The summed E-state index contributed by atoms with van der Waals surface area (Å²) in [5, 5.41) is 78.1. The van der Waals surface area contributed by atoms with Gasteiger partial charge in [0, 0.05) is 42.6 Å². The van der Waals surface area contributed by atoms with Gasteiger partial charge in [0.15, 0.2) is 12.4 Å². The Morgan fingerprint density at radius 2 is 1.28 bits per heavy atom. The van der Waals surface area contributed by atoms with Crippen LogP contribution in [0.15, 0.2) is 12.1 Å². The van der Waals surface area contributed by atoms with E-state index in [0.717, 1.165) is 64.9 Å². The Morgan fingerprint density at radius 1 is 0.705 bits per heavy atom. The van der Waals surface area contributed by atoms with Crippen molar-refractivity contribution >= 4 is 23.9 Å². The summed E-state index contributed by atoms with van der Waals surface area (Å²) in [6, 6.07) is 3.31. The molecule has 1 aromatic carbocycles. The third-order valence-electron chi connectivity index (χ3n) is 26.3. The second kappa shape index (κ2) is 18.5. The van der Waals surface area contributed by atoms with Crippen LogP contribution < -0.4 is 4.74 Å². The first-order valence-electron chi connectivity index (χ1n) is 29.4. The summed E-state index contributed by atoms with van der Waals surface area (Å²) < 4.78 is 35.7.